The van der Waals surface area contributed by atoms with Gasteiger partial charge in [0.2, 0.25) is 0 Å². The molecule has 0 unspecified atom stereocenters. The van der Waals surface area contributed by atoms with E-state index in [1.54, 1.807) is 0 Å². The van der Waals surface area contributed by atoms with Crippen LogP contribution in [0, 0.1) is 0 Å². The molecule has 0 spiro atoms. The number of ketones is 1. The van der Waals surface area contributed by atoms with E-state index < -0.39 is 0 Å². The molecule has 0 fully saturated rings. The number of hydrogen-bond acceptors (Lipinski definition) is 1. The molecule has 0 heterocycles. The van der Waals surface area contributed by atoms with Crippen LogP contribution in [-0.4, -0.2) is 5.78 Å². The first kappa shape index (κ1) is 10.3. The summed E-state index contributed by atoms with van der Waals surface area (Å²) in [7, 11) is 0. The number of carbonyl (C=O) groups is 1. The van der Waals surface area contributed by atoms with Crippen molar-refractivity contribution in [2.24, 2.45) is 0 Å². The van der Waals surface area contributed by atoms with Crippen LogP contribution >= 0.6 is 0 Å². The fourth-order valence-corrected chi connectivity index (χ4v) is 2.69. The highest BCUT2D eigenvalue weighted by Gasteiger charge is 2.42. The van der Waals surface area contributed by atoms with Crippen molar-refractivity contribution >= 4 is 5.78 Å². The van der Waals surface area contributed by atoms with E-state index in [0.717, 1.165) is 17.5 Å². The van der Waals surface area contributed by atoms with Gasteiger partial charge in [0.1, 0.15) is 0 Å². The molecule has 0 bridgehead atoms. The van der Waals surface area contributed by atoms with E-state index in [-0.39, 0.29) is 11.2 Å². The summed E-state index contributed by atoms with van der Waals surface area (Å²) < 4.78 is 0. The van der Waals surface area contributed by atoms with Crippen LogP contribution in [-0.2, 0) is 11.8 Å². The Morgan fingerprint density at radius 1 is 0.941 bits per heavy atom. The van der Waals surface area contributed by atoms with Gasteiger partial charge in [0.05, 0.1) is 5.41 Å². The molecule has 1 heteroatoms. The van der Waals surface area contributed by atoms with Crippen LogP contribution in [0.25, 0.3) is 0 Å². The first-order valence-corrected chi connectivity index (χ1v) is 5.90. The van der Waals surface area contributed by atoms with Crippen molar-refractivity contribution in [3.63, 3.8) is 0 Å². The largest absolute Gasteiger partial charge is 0.293 e. The van der Waals surface area contributed by atoms with E-state index in [4.69, 9.17) is 0 Å². The van der Waals surface area contributed by atoms with Crippen LogP contribution in [0.5, 0.6) is 0 Å². The van der Waals surface area contributed by atoms with Crippen LogP contribution < -0.4 is 0 Å². The molecule has 0 aromatic heterocycles. The summed E-state index contributed by atoms with van der Waals surface area (Å²) in [6.45, 7) is 2.05. The number of rotatable bonds is 1. The van der Waals surface area contributed by atoms with Crippen molar-refractivity contribution in [3.05, 3.63) is 71.3 Å². The maximum absolute atomic E-state index is 12.5. The SMILES string of the molecule is C[C@@]1(c2ccccc2)Cc2ccccc2C1=O. The van der Waals surface area contributed by atoms with Crippen LogP contribution in [0.2, 0.25) is 0 Å². The average molecular weight is 222 g/mol. The van der Waals surface area contributed by atoms with E-state index in [9.17, 15) is 4.79 Å². The lowest BCUT2D eigenvalue weighted by atomic mass is 9.79. The monoisotopic (exact) mass is 222 g/mol. The summed E-state index contributed by atoms with van der Waals surface area (Å²) in [4.78, 5) is 12.5. The van der Waals surface area contributed by atoms with Gasteiger partial charge in [0.25, 0.3) is 0 Å². The highest BCUT2D eigenvalue weighted by molar-refractivity contribution is 6.08. The molecule has 0 aliphatic heterocycles. The third kappa shape index (κ3) is 1.42. The summed E-state index contributed by atoms with van der Waals surface area (Å²) in [6.07, 6.45) is 0.812. The Morgan fingerprint density at radius 3 is 2.29 bits per heavy atom. The van der Waals surface area contributed by atoms with Crippen molar-refractivity contribution < 1.29 is 4.79 Å². The van der Waals surface area contributed by atoms with Crippen molar-refractivity contribution in [1.29, 1.82) is 0 Å². The molecule has 1 nitrogen and oxygen atoms in total. The minimum Gasteiger partial charge on any atom is -0.293 e. The standard InChI is InChI=1S/C16H14O/c1-16(13-8-3-2-4-9-13)11-12-7-5-6-10-14(12)15(16)17/h2-10H,11H2,1H3/t16-/m0/s1. The molecule has 0 N–H and O–H groups in total. The molecule has 84 valence electrons. The van der Waals surface area contributed by atoms with Crippen LogP contribution in [0.15, 0.2) is 54.6 Å². The van der Waals surface area contributed by atoms with Crippen LogP contribution in [0.1, 0.15) is 28.4 Å². The van der Waals surface area contributed by atoms with Gasteiger partial charge in [-0.2, -0.15) is 0 Å². The fraction of sp³-hybridized carbons (Fsp3) is 0.188. The smallest absolute Gasteiger partial charge is 0.173 e. The summed E-state index contributed by atoms with van der Waals surface area (Å²) >= 11 is 0. The van der Waals surface area contributed by atoms with Gasteiger partial charge >= 0.3 is 0 Å². The summed E-state index contributed by atoms with van der Waals surface area (Å²) in [5, 5.41) is 0. The minimum atomic E-state index is -0.384. The van der Waals surface area contributed by atoms with E-state index >= 15 is 0 Å². The number of benzene rings is 2. The van der Waals surface area contributed by atoms with Crippen molar-refractivity contribution in [2.75, 3.05) is 0 Å². The second-order valence-electron chi connectivity index (χ2n) is 4.86. The molecule has 1 atom stereocenters. The van der Waals surface area contributed by atoms with Crippen LogP contribution in [0.4, 0.5) is 0 Å². The predicted molar refractivity (Wildman–Crippen MR) is 68.3 cm³/mol. The third-order valence-corrected chi connectivity index (χ3v) is 3.72. The second-order valence-corrected chi connectivity index (χ2v) is 4.86. The highest BCUT2D eigenvalue weighted by Crippen LogP contribution is 2.39. The van der Waals surface area contributed by atoms with Gasteiger partial charge in [0, 0.05) is 5.56 Å². The van der Waals surface area contributed by atoms with Crippen molar-refractivity contribution in [3.8, 4) is 0 Å². The van der Waals surface area contributed by atoms with E-state index in [1.807, 2.05) is 55.5 Å². The topological polar surface area (TPSA) is 17.1 Å². The normalized spacial score (nSPS) is 22.5. The Kier molecular flexibility index (Phi) is 2.15. The summed E-state index contributed by atoms with van der Waals surface area (Å²) in [5.74, 6) is 0.249. The Labute approximate surface area is 101 Å². The quantitative estimate of drug-likeness (QED) is 0.723. The number of Topliss-reactive ketones (excluding diaryl/α,β-unsaturated/α-hetero) is 1. The molecule has 0 saturated heterocycles. The molecular formula is C16H14O. The van der Waals surface area contributed by atoms with E-state index in [2.05, 4.69) is 6.07 Å². The van der Waals surface area contributed by atoms with Gasteiger partial charge in [-0.15, -0.1) is 0 Å². The van der Waals surface area contributed by atoms with E-state index in [0.29, 0.717) is 0 Å². The highest BCUT2D eigenvalue weighted by atomic mass is 16.1. The molecule has 0 radical (unpaired) electrons. The number of hydrogen-bond donors (Lipinski definition) is 0. The third-order valence-electron chi connectivity index (χ3n) is 3.72. The summed E-state index contributed by atoms with van der Waals surface area (Å²) in [5.41, 5.74) is 2.79. The first-order chi connectivity index (χ1) is 8.22. The van der Waals surface area contributed by atoms with Gasteiger partial charge < -0.3 is 0 Å². The Hall–Kier alpha value is -1.89. The van der Waals surface area contributed by atoms with Gasteiger partial charge in [-0.1, -0.05) is 54.6 Å². The van der Waals surface area contributed by atoms with Gasteiger partial charge in [-0.25, -0.2) is 0 Å². The minimum absolute atomic E-state index is 0.249. The lowest BCUT2D eigenvalue weighted by Crippen LogP contribution is -2.29. The Bertz CT molecular complexity index is 571. The summed E-state index contributed by atoms with van der Waals surface area (Å²) in [6, 6.07) is 18.0. The lowest BCUT2D eigenvalue weighted by Gasteiger charge is -2.22. The molecule has 1 aliphatic rings. The zero-order chi connectivity index (χ0) is 11.9. The number of carbonyl (C=O) groups excluding carboxylic acids is 1. The van der Waals surface area contributed by atoms with Gasteiger partial charge in [0.15, 0.2) is 5.78 Å². The zero-order valence-corrected chi connectivity index (χ0v) is 9.81. The Balaban J connectivity index is 2.12. The maximum Gasteiger partial charge on any atom is 0.173 e. The molecule has 2 aromatic rings. The van der Waals surface area contributed by atoms with Gasteiger partial charge in [-0.3, -0.25) is 4.79 Å². The van der Waals surface area contributed by atoms with Crippen LogP contribution in [0.3, 0.4) is 0 Å². The Morgan fingerprint density at radius 2 is 1.59 bits per heavy atom. The molecule has 2 aromatic carbocycles. The fourth-order valence-electron chi connectivity index (χ4n) is 2.69. The number of fused-ring (bicyclic) bond motifs is 1. The molecular weight excluding hydrogens is 208 g/mol. The second kappa shape index (κ2) is 3.56. The van der Waals surface area contributed by atoms with Crippen molar-refractivity contribution in [1.82, 2.24) is 0 Å². The lowest BCUT2D eigenvalue weighted by molar-refractivity contribution is 0.0915. The van der Waals surface area contributed by atoms with E-state index in [1.165, 1.54) is 5.56 Å². The molecule has 17 heavy (non-hydrogen) atoms. The first-order valence-electron chi connectivity index (χ1n) is 5.90. The van der Waals surface area contributed by atoms with Crippen molar-refractivity contribution in [2.45, 2.75) is 18.8 Å². The zero-order valence-electron chi connectivity index (χ0n) is 9.81. The molecule has 1 aliphatic carbocycles. The molecule has 0 saturated carbocycles. The average Bonchev–Trinajstić information content (AvgIpc) is 2.65. The molecule has 3 rings (SSSR count). The van der Waals surface area contributed by atoms with Gasteiger partial charge in [-0.05, 0) is 24.5 Å². The predicted octanol–water partition coefficient (Wildman–Crippen LogP) is 3.38. The molecule has 0 amide bonds. The maximum atomic E-state index is 12.5.